The van der Waals surface area contributed by atoms with Crippen LogP contribution in [0.5, 0.6) is 5.75 Å². The van der Waals surface area contributed by atoms with E-state index in [0.717, 1.165) is 5.56 Å². The molecule has 0 spiro atoms. The zero-order chi connectivity index (χ0) is 16.9. The Bertz CT molecular complexity index is 809. The van der Waals surface area contributed by atoms with Gasteiger partial charge in [-0.15, -0.1) is 22.7 Å². The van der Waals surface area contributed by atoms with Gasteiger partial charge in [0.1, 0.15) is 10.6 Å². The monoisotopic (exact) mass is 357 g/mol. The number of carbonyl (C=O) groups excluding carboxylic acids is 2. The molecule has 1 amide bonds. The van der Waals surface area contributed by atoms with E-state index in [-0.39, 0.29) is 17.9 Å². The molecule has 3 aromatic rings. The Morgan fingerprint density at radius 2 is 1.58 bits per heavy atom. The summed E-state index contributed by atoms with van der Waals surface area (Å²) in [6, 6.07) is 14.2. The molecule has 0 aliphatic rings. The standard InChI is InChI=1S/C18H15NO3S2/c1-12(19-17(20)15-4-2-10-23-15)13-6-8-14(9-7-13)22-18(21)16-5-3-11-24-16/h2-12H,1H3,(H,19,20)/t12-/m0/s1. The molecule has 1 atom stereocenters. The topological polar surface area (TPSA) is 55.4 Å². The molecule has 6 heteroatoms. The summed E-state index contributed by atoms with van der Waals surface area (Å²) in [5, 5.41) is 6.65. The van der Waals surface area contributed by atoms with E-state index in [1.807, 2.05) is 41.9 Å². The van der Waals surface area contributed by atoms with Gasteiger partial charge in [0.05, 0.1) is 10.9 Å². The van der Waals surface area contributed by atoms with E-state index in [1.54, 1.807) is 24.3 Å². The van der Waals surface area contributed by atoms with Gasteiger partial charge in [-0.1, -0.05) is 24.3 Å². The average molecular weight is 357 g/mol. The molecular formula is C18H15NO3S2. The van der Waals surface area contributed by atoms with Gasteiger partial charge in [-0.05, 0) is 47.5 Å². The van der Waals surface area contributed by atoms with Crippen molar-refractivity contribution in [2.75, 3.05) is 0 Å². The number of ether oxygens (including phenoxy) is 1. The lowest BCUT2D eigenvalue weighted by Crippen LogP contribution is -2.25. The molecule has 0 saturated heterocycles. The van der Waals surface area contributed by atoms with Crippen LogP contribution in [-0.4, -0.2) is 11.9 Å². The van der Waals surface area contributed by atoms with Crippen molar-refractivity contribution in [3.05, 3.63) is 74.6 Å². The Labute approximate surface area is 147 Å². The maximum absolute atomic E-state index is 12.1. The van der Waals surface area contributed by atoms with E-state index in [2.05, 4.69) is 5.32 Å². The van der Waals surface area contributed by atoms with Crippen molar-refractivity contribution in [1.29, 1.82) is 0 Å². The molecule has 1 N–H and O–H groups in total. The average Bonchev–Trinajstić information content (AvgIpc) is 3.29. The smallest absolute Gasteiger partial charge is 0.353 e. The van der Waals surface area contributed by atoms with Crippen molar-refractivity contribution < 1.29 is 14.3 Å². The van der Waals surface area contributed by atoms with Gasteiger partial charge in [-0.25, -0.2) is 4.79 Å². The molecule has 0 aliphatic heterocycles. The zero-order valence-electron chi connectivity index (χ0n) is 12.9. The second kappa shape index (κ2) is 7.42. The molecule has 2 heterocycles. The highest BCUT2D eigenvalue weighted by atomic mass is 32.1. The lowest BCUT2D eigenvalue weighted by molar-refractivity contribution is 0.0739. The first-order valence-electron chi connectivity index (χ1n) is 7.33. The number of hydrogen-bond acceptors (Lipinski definition) is 5. The number of benzene rings is 1. The number of esters is 1. The van der Waals surface area contributed by atoms with Crippen molar-refractivity contribution in [2.24, 2.45) is 0 Å². The summed E-state index contributed by atoms with van der Waals surface area (Å²) in [6.07, 6.45) is 0. The van der Waals surface area contributed by atoms with Crippen molar-refractivity contribution >= 4 is 34.6 Å². The molecule has 24 heavy (non-hydrogen) atoms. The van der Waals surface area contributed by atoms with Gasteiger partial charge >= 0.3 is 5.97 Å². The van der Waals surface area contributed by atoms with Crippen LogP contribution < -0.4 is 10.1 Å². The number of carbonyl (C=O) groups is 2. The van der Waals surface area contributed by atoms with Gasteiger partial charge in [0.15, 0.2) is 0 Å². The maximum Gasteiger partial charge on any atom is 0.353 e. The summed E-state index contributed by atoms with van der Waals surface area (Å²) in [6.45, 7) is 1.91. The van der Waals surface area contributed by atoms with E-state index in [1.165, 1.54) is 22.7 Å². The fourth-order valence-electron chi connectivity index (χ4n) is 2.14. The SMILES string of the molecule is C[C@H](NC(=O)c1cccs1)c1ccc(OC(=O)c2cccs2)cc1. The number of hydrogen-bond donors (Lipinski definition) is 1. The third-order valence-electron chi connectivity index (χ3n) is 3.41. The van der Waals surface area contributed by atoms with Crippen LogP contribution in [0.3, 0.4) is 0 Å². The lowest BCUT2D eigenvalue weighted by Gasteiger charge is -2.14. The van der Waals surface area contributed by atoms with E-state index >= 15 is 0 Å². The molecule has 0 saturated carbocycles. The predicted octanol–water partition coefficient (Wildman–Crippen LogP) is 4.52. The number of rotatable bonds is 5. The predicted molar refractivity (Wildman–Crippen MR) is 95.9 cm³/mol. The van der Waals surface area contributed by atoms with E-state index in [4.69, 9.17) is 4.74 Å². The summed E-state index contributed by atoms with van der Waals surface area (Å²) < 4.78 is 5.32. The minimum Gasteiger partial charge on any atom is -0.422 e. The number of amides is 1. The second-order valence-corrected chi connectivity index (χ2v) is 7.00. The highest BCUT2D eigenvalue weighted by Crippen LogP contribution is 2.20. The molecule has 4 nitrogen and oxygen atoms in total. The van der Waals surface area contributed by atoms with Gasteiger partial charge in [-0.2, -0.15) is 0 Å². The van der Waals surface area contributed by atoms with Crippen molar-refractivity contribution in [1.82, 2.24) is 5.32 Å². The molecule has 3 rings (SSSR count). The normalized spacial score (nSPS) is 11.7. The van der Waals surface area contributed by atoms with Crippen LogP contribution in [0.15, 0.2) is 59.3 Å². The summed E-state index contributed by atoms with van der Waals surface area (Å²) in [5.74, 6) is 0.0245. The molecule has 0 unspecified atom stereocenters. The number of nitrogens with one attached hydrogen (secondary N) is 1. The van der Waals surface area contributed by atoms with Gasteiger partial charge in [0.2, 0.25) is 0 Å². The molecule has 1 aromatic carbocycles. The largest absolute Gasteiger partial charge is 0.422 e. The van der Waals surface area contributed by atoms with Gasteiger partial charge in [-0.3, -0.25) is 4.79 Å². The molecule has 0 bridgehead atoms. The molecule has 0 radical (unpaired) electrons. The second-order valence-electron chi connectivity index (χ2n) is 5.11. The fraction of sp³-hybridized carbons (Fsp3) is 0.111. The minimum absolute atomic E-state index is 0.0919. The quantitative estimate of drug-likeness (QED) is 0.539. The zero-order valence-corrected chi connectivity index (χ0v) is 14.5. The molecular weight excluding hydrogens is 342 g/mol. The molecule has 2 aromatic heterocycles. The highest BCUT2D eigenvalue weighted by Gasteiger charge is 2.13. The van der Waals surface area contributed by atoms with Gasteiger partial charge < -0.3 is 10.1 Å². The first-order valence-corrected chi connectivity index (χ1v) is 9.09. The minimum atomic E-state index is -0.364. The van der Waals surface area contributed by atoms with Crippen LogP contribution >= 0.6 is 22.7 Å². The summed E-state index contributed by atoms with van der Waals surface area (Å²) in [7, 11) is 0. The molecule has 122 valence electrons. The van der Waals surface area contributed by atoms with Crippen LogP contribution in [0.1, 0.15) is 37.9 Å². The maximum atomic E-state index is 12.1. The fourth-order valence-corrected chi connectivity index (χ4v) is 3.36. The summed E-state index contributed by atoms with van der Waals surface area (Å²) >= 11 is 2.75. The Morgan fingerprint density at radius 1 is 0.958 bits per heavy atom. The van der Waals surface area contributed by atoms with E-state index < -0.39 is 0 Å². The van der Waals surface area contributed by atoms with Crippen molar-refractivity contribution in [3.63, 3.8) is 0 Å². The summed E-state index contributed by atoms with van der Waals surface area (Å²) in [5.41, 5.74) is 0.941. The van der Waals surface area contributed by atoms with Crippen LogP contribution in [0.25, 0.3) is 0 Å². The summed E-state index contributed by atoms with van der Waals surface area (Å²) in [4.78, 5) is 25.2. The van der Waals surface area contributed by atoms with E-state index in [0.29, 0.717) is 15.5 Å². The highest BCUT2D eigenvalue weighted by molar-refractivity contribution is 7.12. The van der Waals surface area contributed by atoms with Crippen LogP contribution in [0.2, 0.25) is 0 Å². The third kappa shape index (κ3) is 3.90. The van der Waals surface area contributed by atoms with Crippen LogP contribution in [-0.2, 0) is 0 Å². The van der Waals surface area contributed by atoms with Crippen molar-refractivity contribution in [2.45, 2.75) is 13.0 Å². The molecule has 0 aliphatic carbocycles. The Morgan fingerprint density at radius 3 is 2.17 bits per heavy atom. The van der Waals surface area contributed by atoms with Gasteiger partial charge in [0.25, 0.3) is 5.91 Å². The Kier molecular flexibility index (Phi) is 5.08. The lowest BCUT2D eigenvalue weighted by atomic mass is 10.1. The van der Waals surface area contributed by atoms with Crippen molar-refractivity contribution in [3.8, 4) is 5.75 Å². The van der Waals surface area contributed by atoms with E-state index in [9.17, 15) is 9.59 Å². The van der Waals surface area contributed by atoms with Crippen LogP contribution in [0.4, 0.5) is 0 Å². The van der Waals surface area contributed by atoms with Crippen LogP contribution in [0, 0.1) is 0 Å². The first kappa shape index (κ1) is 16.4. The molecule has 0 fully saturated rings. The Hall–Kier alpha value is -2.44. The third-order valence-corrected chi connectivity index (χ3v) is 5.12. The first-order chi connectivity index (χ1) is 11.6. The Balaban J connectivity index is 1.61. The number of thiophene rings is 2. The van der Waals surface area contributed by atoms with Gasteiger partial charge in [0, 0.05) is 0 Å².